The molecule has 0 unspecified atom stereocenters. The molecule has 2 aromatic rings. The Balaban J connectivity index is 1.88. The van der Waals surface area contributed by atoms with Crippen molar-refractivity contribution in [2.45, 2.75) is 13.1 Å². The average molecular weight is 362 g/mol. The van der Waals surface area contributed by atoms with Gasteiger partial charge in [0.25, 0.3) is 5.91 Å². The zero-order valence-electron chi connectivity index (χ0n) is 13.1. The number of alkyl halides is 3. The quantitative estimate of drug-likeness (QED) is 0.772. The molecule has 1 amide bonds. The molecular formula is C18H13F3N2OS. The van der Waals surface area contributed by atoms with E-state index in [1.165, 1.54) is 18.2 Å². The summed E-state index contributed by atoms with van der Waals surface area (Å²) >= 11 is 1.02. The first kappa shape index (κ1) is 17.3. The van der Waals surface area contributed by atoms with Crippen molar-refractivity contribution in [3.63, 3.8) is 0 Å². The number of carbonyl (C=O) groups is 1. The number of nitrogens with zero attached hydrogens (tertiary/aromatic N) is 1. The Hall–Kier alpha value is -2.54. The van der Waals surface area contributed by atoms with Gasteiger partial charge in [-0.2, -0.15) is 13.2 Å². The average Bonchev–Trinajstić information content (AvgIpc) is 2.88. The molecule has 0 atom stereocenters. The van der Waals surface area contributed by atoms with Crippen LogP contribution in [0, 0.1) is 6.92 Å². The fourth-order valence-corrected chi connectivity index (χ4v) is 3.05. The maximum atomic E-state index is 13.0. The normalized spacial score (nSPS) is 18.0. The molecule has 2 aromatic carbocycles. The van der Waals surface area contributed by atoms with E-state index in [4.69, 9.17) is 0 Å². The number of hydrogen-bond donors (Lipinski definition) is 1. The van der Waals surface area contributed by atoms with Gasteiger partial charge in [-0.05, 0) is 42.5 Å². The number of hydrogen-bond acceptors (Lipinski definition) is 3. The SMILES string of the molecule is Cc1ccc(C=C2SC(=Nc3ccccc3C(F)(F)F)NC2=O)cc1. The molecule has 128 valence electrons. The second-order valence-electron chi connectivity index (χ2n) is 5.41. The van der Waals surface area contributed by atoms with Gasteiger partial charge in [0.2, 0.25) is 0 Å². The lowest BCUT2D eigenvalue weighted by Gasteiger charge is -2.09. The van der Waals surface area contributed by atoms with E-state index in [2.05, 4.69) is 10.3 Å². The monoisotopic (exact) mass is 362 g/mol. The number of aliphatic imine (C=N–C) groups is 1. The van der Waals surface area contributed by atoms with E-state index in [0.717, 1.165) is 29.0 Å². The third-order valence-electron chi connectivity index (χ3n) is 3.46. The Morgan fingerprint density at radius 3 is 2.44 bits per heavy atom. The van der Waals surface area contributed by atoms with Crippen molar-refractivity contribution in [2.75, 3.05) is 0 Å². The molecule has 1 fully saturated rings. The Bertz CT molecular complexity index is 871. The van der Waals surface area contributed by atoms with Gasteiger partial charge >= 0.3 is 6.18 Å². The van der Waals surface area contributed by atoms with Crippen LogP contribution in [0.5, 0.6) is 0 Å². The second-order valence-corrected chi connectivity index (χ2v) is 6.44. The number of para-hydroxylation sites is 1. The number of halogens is 3. The van der Waals surface area contributed by atoms with E-state index in [1.54, 1.807) is 6.08 Å². The summed E-state index contributed by atoms with van der Waals surface area (Å²) in [5.74, 6) is -0.381. The van der Waals surface area contributed by atoms with Crippen molar-refractivity contribution in [2.24, 2.45) is 4.99 Å². The van der Waals surface area contributed by atoms with Gasteiger partial charge in [0.15, 0.2) is 5.17 Å². The molecule has 7 heteroatoms. The van der Waals surface area contributed by atoms with E-state index in [9.17, 15) is 18.0 Å². The number of amidine groups is 1. The van der Waals surface area contributed by atoms with Crippen LogP contribution in [0.2, 0.25) is 0 Å². The molecule has 0 aliphatic carbocycles. The Kier molecular flexibility index (Phi) is 4.67. The van der Waals surface area contributed by atoms with Crippen LogP contribution < -0.4 is 5.32 Å². The summed E-state index contributed by atoms with van der Waals surface area (Å²) in [6.07, 6.45) is -2.83. The van der Waals surface area contributed by atoms with Gasteiger partial charge in [0.05, 0.1) is 16.2 Å². The minimum Gasteiger partial charge on any atom is -0.300 e. The van der Waals surface area contributed by atoms with E-state index >= 15 is 0 Å². The zero-order valence-corrected chi connectivity index (χ0v) is 13.9. The van der Waals surface area contributed by atoms with E-state index in [0.29, 0.717) is 4.91 Å². The first-order valence-corrected chi connectivity index (χ1v) is 8.17. The number of carbonyl (C=O) groups excluding carboxylic acids is 1. The maximum absolute atomic E-state index is 13.0. The first-order chi connectivity index (χ1) is 11.8. The topological polar surface area (TPSA) is 41.5 Å². The Morgan fingerprint density at radius 2 is 1.76 bits per heavy atom. The van der Waals surface area contributed by atoms with Crippen LogP contribution in [0.1, 0.15) is 16.7 Å². The second kappa shape index (κ2) is 6.76. The van der Waals surface area contributed by atoms with Crippen molar-refractivity contribution >= 4 is 34.6 Å². The van der Waals surface area contributed by atoms with Gasteiger partial charge in [-0.3, -0.25) is 4.79 Å². The summed E-state index contributed by atoms with van der Waals surface area (Å²) in [5.41, 5.74) is 0.861. The molecule has 0 bridgehead atoms. The van der Waals surface area contributed by atoms with Crippen molar-refractivity contribution in [3.8, 4) is 0 Å². The van der Waals surface area contributed by atoms with Gasteiger partial charge < -0.3 is 5.32 Å². The molecule has 0 radical (unpaired) electrons. The minimum absolute atomic E-state index is 0.125. The summed E-state index contributed by atoms with van der Waals surface area (Å²) in [6.45, 7) is 1.96. The molecular weight excluding hydrogens is 349 g/mol. The standard InChI is InChI=1S/C18H13F3N2OS/c1-11-6-8-12(9-7-11)10-15-16(24)23-17(25-15)22-14-5-3-2-4-13(14)18(19,20)21/h2-10H,1H3,(H,22,23,24). The number of amides is 1. The molecule has 1 aliphatic rings. The van der Waals surface area contributed by atoms with Gasteiger partial charge in [0.1, 0.15) is 0 Å². The predicted octanol–water partition coefficient (Wildman–Crippen LogP) is 4.91. The number of rotatable bonds is 2. The van der Waals surface area contributed by atoms with E-state index in [1.807, 2.05) is 31.2 Å². The highest BCUT2D eigenvalue weighted by Crippen LogP contribution is 2.37. The van der Waals surface area contributed by atoms with E-state index < -0.39 is 11.7 Å². The van der Waals surface area contributed by atoms with Crippen molar-refractivity contribution < 1.29 is 18.0 Å². The largest absolute Gasteiger partial charge is 0.418 e. The molecule has 3 rings (SSSR count). The third-order valence-corrected chi connectivity index (χ3v) is 4.37. The molecule has 0 aromatic heterocycles. The summed E-state index contributed by atoms with van der Waals surface area (Å²) < 4.78 is 39.1. The molecule has 0 saturated carbocycles. The highest BCUT2D eigenvalue weighted by Gasteiger charge is 2.34. The highest BCUT2D eigenvalue weighted by molar-refractivity contribution is 8.18. The highest BCUT2D eigenvalue weighted by atomic mass is 32.2. The lowest BCUT2D eigenvalue weighted by molar-refractivity contribution is -0.137. The minimum atomic E-state index is -4.51. The number of aryl methyl sites for hydroxylation is 1. The van der Waals surface area contributed by atoms with Crippen LogP contribution in [-0.4, -0.2) is 11.1 Å². The molecule has 1 saturated heterocycles. The molecule has 1 aliphatic heterocycles. The molecule has 25 heavy (non-hydrogen) atoms. The molecule has 0 spiro atoms. The van der Waals surface area contributed by atoms with Crippen molar-refractivity contribution in [1.82, 2.24) is 5.32 Å². The zero-order chi connectivity index (χ0) is 18.0. The summed E-state index contributed by atoms with van der Waals surface area (Å²) in [5, 5.41) is 2.63. The summed E-state index contributed by atoms with van der Waals surface area (Å²) in [6, 6.07) is 12.6. The lowest BCUT2D eigenvalue weighted by atomic mass is 10.1. The molecule has 3 nitrogen and oxygen atoms in total. The van der Waals surface area contributed by atoms with Crippen LogP contribution >= 0.6 is 11.8 Å². The number of benzene rings is 2. The fraction of sp³-hybridized carbons (Fsp3) is 0.111. The van der Waals surface area contributed by atoms with Crippen LogP contribution in [0.25, 0.3) is 6.08 Å². The third kappa shape index (κ3) is 4.11. The molecule has 1 heterocycles. The lowest BCUT2D eigenvalue weighted by Crippen LogP contribution is -2.19. The van der Waals surface area contributed by atoms with Crippen molar-refractivity contribution in [3.05, 3.63) is 70.1 Å². The van der Waals surface area contributed by atoms with Gasteiger partial charge in [-0.1, -0.05) is 42.0 Å². The van der Waals surface area contributed by atoms with Crippen LogP contribution in [-0.2, 0) is 11.0 Å². The fourth-order valence-electron chi connectivity index (χ4n) is 2.21. The van der Waals surface area contributed by atoms with Gasteiger partial charge in [-0.15, -0.1) is 0 Å². The van der Waals surface area contributed by atoms with Crippen molar-refractivity contribution in [1.29, 1.82) is 0 Å². The van der Waals surface area contributed by atoms with Crippen LogP contribution in [0.15, 0.2) is 58.4 Å². The van der Waals surface area contributed by atoms with Crippen LogP contribution in [0.3, 0.4) is 0 Å². The first-order valence-electron chi connectivity index (χ1n) is 7.35. The summed E-state index contributed by atoms with van der Waals surface area (Å²) in [7, 11) is 0. The Morgan fingerprint density at radius 1 is 1.08 bits per heavy atom. The molecule has 1 N–H and O–H groups in total. The van der Waals surface area contributed by atoms with E-state index in [-0.39, 0.29) is 16.8 Å². The number of nitrogens with one attached hydrogen (secondary N) is 1. The maximum Gasteiger partial charge on any atom is 0.418 e. The number of thioether (sulfide) groups is 1. The summed E-state index contributed by atoms with van der Waals surface area (Å²) in [4.78, 5) is 16.4. The Labute approximate surface area is 146 Å². The van der Waals surface area contributed by atoms with Gasteiger partial charge in [0, 0.05) is 0 Å². The smallest absolute Gasteiger partial charge is 0.300 e. The van der Waals surface area contributed by atoms with Gasteiger partial charge in [-0.25, -0.2) is 4.99 Å². The van der Waals surface area contributed by atoms with Crippen LogP contribution in [0.4, 0.5) is 18.9 Å². The predicted molar refractivity (Wildman–Crippen MR) is 93.4 cm³/mol.